The molecule has 1 unspecified atom stereocenters. The van der Waals surface area contributed by atoms with Gasteiger partial charge in [0.25, 0.3) is 0 Å². The summed E-state index contributed by atoms with van der Waals surface area (Å²) in [4.78, 5) is 28.7. The van der Waals surface area contributed by atoms with Gasteiger partial charge in [0.2, 0.25) is 0 Å². The summed E-state index contributed by atoms with van der Waals surface area (Å²) in [6.45, 7) is 1.33. The molecule has 15 heavy (non-hydrogen) atoms. The zero-order valence-electron chi connectivity index (χ0n) is 7.95. The van der Waals surface area contributed by atoms with Crippen molar-refractivity contribution in [1.82, 2.24) is 0 Å². The van der Waals surface area contributed by atoms with Crippen LogP contribution in [0.15, 0.2) is 0 Å². The maximum absolute atomic E-state index is 9.86. The number of carboxylic acid groups (broad SMARTS) is 3. The first-order valence-electron chi connectivity index (χ1n) is 3.78. The van der Waals surface area contributed by atoms with Gasteiger partial charge in [-0.3, -0.25) is 14.4 Å². The van der Waals surface area contributed by atoms with E-state index in [-0.39, 0.29) is 0 Å². The third-order valence-electron chi connectivity index (χ3n) is 1.11. The Kier molecular flexibility index (Phi) is 8.11. The van der Waals surface area contributed by atoms with E-state index in [4.69, 9.17) is 26.2 Å². The number of carbonyl (C=O) groups is 3. The van der Waals surface area contributed by atoms with Crippen molar-refractivity contribution in [3.05, 3.63) is 0 Å². The highest BCUT2D eigenvalue weighted by molar-refractivity contribution is 5.88. The number of hydrogen-bond donors (Lipinski definition) is 5. The Labute approximate surface area is 84.9 Å². The van der Waals surface area contributed by atoms with Gasteiger partial charge < -0.3 is 26.2 Å². The quantitative estimate of drug-likeness (QED) is 0.353. The molecule has 0 radical (unpaired) electrons. The molecule has 6 N–H and O–H groups in total. The van der Waals surface area contributed by atoms with Crippen molar-refractivity contribution in [3.63, 3.8) is 0 Å². The predicted octanol–water partition coefficient (Wildman–Crippen LogP) is -1.68. The van der Waals surface area contributed by atoms with Crippen LogP contribution in [-0.2, 0) is 14.4 Å². The van der Waals surface area contributed by atoms with Gasteiger partial charge in [-0.1, -0.05) is 0 Å². The molecule has 0 aromatic carbocycles. The molecule has 0 aromatic rings. The van der Waals surface area contributed by atoms with E-state index < -0.39 is 36.5 Å². The zero-order valence-corrected chi connectivity index (χ0v) is 7.95. The lowest BCUT2D eigenvalue weighted by Crippen LogP contribution is -2.39. The Bertz CT molecular complexity index is 225. The normalized spacial score (nSPS) is 13.0. The zero-order chi connectivity index (χ0) is 12.6. The van der Waals surface area contributed by atoms with Crippen LogP contribution in [-0.4, -0.2) is 50.5 Å². The molecule has 0 aliphatic heterocycles. The molecule has 0 aromatic heterocycles. The summed E-state index contributed by atoms with van der Waals surface area (Å²) >= 11 is 0. The lowest BCUT2D eigenvalue weighted by molar-refractivity contribution is -0.147. The van der Waals surface area contributed by atoms with Gasteiger partial charge in [0.15, 0.2) is 0 Å². The van der Waals surface area contributed by atoms with Crippen molar-refractivity contribution in [1.29, 1.82) is 0 Å². The fraction of sp³-hybridized carbons (Fsp3) is 0.571. The van der Waals surface area contributed by atoms with Gasteiger partial charge in [0, 0.05) is 0 Å². The first-order chi connectivity index (χ1) is 6.68. The summed E-state index contributed by atoms with van der Waals surface area (Å²) in [5.74, 6) is -3.81. The van der Waals surface area contributed by atoms with E-state index in [1.165, 1.54) is 6.92 Å². The molecule has 0 amide bonds. The van der Waals surface area contributed by atoms with Gasteiger partial charge in [0.1, 0.15) is 12.5 Å². The van der Waals surface area contributed by atoms with Gasteiger partial charge >= 0.3 is 17.9 Å². The number of aliphatic hydroxyl groups is 1. The molecule has 8 nitrogen and oxygen atoms in total. The second-order valence-corrected chi connectivity index (χ2v) is 2.57. The number of rotatable bonds is 4. The second-order valence-electron chi connectivity index (χ2n) is 2.57. The lowest BCUT2D eigenvalue weighted by atomic mass is 10.2. The summed E-state index contributed by atoms with van der Waals surface area (Å²) in [5.41, 5.74) is 4.91. The lowest BCUT2D eigenvalue weighted by Gasteiger charge is -2.06. The summed E-state index contributed by atoms with van der Waals surface area (Å²) in [7, 11) is 0. The molecule has 0 aliphatic rings. The van der Waals surface area contributed by atoms with Crippen LogP contribution in [0.1, 0.15) is 13.3 Å². The minimum absolute atomic E-state index is 0.806. The maximum Gasteiger partial charge on any atom is 0.323 e. The summed E-state index contributed by atoms with van der Waals surface area (Å²) < 4.78 is 0. The fourth-order valence-electron chi connectivity index (χ4n) is 0.336. The molecule has 8 heteroatoms. The average molecular weight is 223 g/mol. The number of aliphatic carboxylic acids is 3. The van der Waals surface area contributed by atoms with Gasteiger partial charge in [0.05, 0.1) is 6.10 Å². The Morgan fingerprint density at radius 3 is 1.47 bits per heavy atom. The highest BCUT2D eigenvalue weighted by Gasteiger charge is 2.16. The number of hydrogen-bond acceptors (Lipinski definition) is 5. The van der Waals surface area contributed by atoms with E-state index >= 15 is 0 Å². The molecular formula is C7H13NO7. The molecule has 0 fully saturated rings. The predicted molar refractivity (Wildman–Crippen MR) is 47.2 cm³/mol. The molecule has 0 saturated heterocycles. The van der Waals surface area contributed by atoms with Gasteiger partial charge in [-0.25, -0.2) is 0 Å². The van der Waals surface area contributed by atoms with Gasteiger partial charge in [-0.05, 0) is 6.92 Å². The Hall–Kier alpha value is -1.67. The van der Waals surface area contributed by atoms with Crippen LogP contribution in [0.4, 0.5) is 0 Å². The third kappa shape index (κ3) is 12.3. The summed E-state index contributed by atoms with van der Waals surface area (Å²) in [6, 6.07) is -1.16. The van der Waals surface area contributed by atoms with Gasteiger partial charge in [-0.2, -0.15) is 0 Å². The van der Waals surface area contributed by atoms with E-state index in [1.807, 2.05) is 0 Å². The fourth-order valence-corrected chi connectivity index (χ4v) is 0.336. The molecule has 0 saturated carbocycles. The summed E-state index contributed by atoms with van der Waals surface area (Å²) in [6.07, 6.45) is -1.78. The van der Waals surface area contributed by atoms with E-state index in [2.05, 4.69) is 0 Å². The highest BCUT2D eigenvalue weighted by atomic mass is 16.4. The Morgan fingerprint density at radius 2 is 1.47 bits per heavy atom. The van der Waals surface area contributed by atoms with Gasteiger partial charge in [-0.15, -0.1) is 0 Å². The third-order valence-corrected chi connectivity index (χ3v) is 1.11. The molecule has 88 valence electrons. The SMILES string of the molecule is CC(O)[C@H](N)C(=O)O.O=C(O)CC(=O)O. The molecule has 0 rings (SSSR count). The van der Waals surface area contributed by atoms with Crippen LogP contribution in [0, 0.1) is 0 Å². The monoisotopic (exact) mass is 223 g/mol. The van der Waals surface area contributed by atoms with Crippen LogP contribution in [0.3, 0.4) is 0 Å². The first-order valence-corrected chi connectivity index (χ1v) is 3.78. The van der Waals surface area contributed by atoms with Crippen molar-refractivity contribution < 1.29 is 34.8 Å². The van der Waals surface area contributed by atoms with Crippen LogP contribution < -0.4 is 5.73 Å². The van der Waals surface area contributed by atoms with Crippen molar-refractivity contribution in [2.75, 3.05) is 0 Å². The molecule has 0 bridgehead atoms. The van der Waals surface area contributed by atoms with Crippen molar-refractivity contribution in [2.45, 2.75) is 25.5 Å². The number of carboxylic acids is 3. The molecule has 0 heterocycles. The smallest absolute Gasteiger partial charge is 0.323 e. The topological polar surface area (TPSA) is 158 Å². The molecule has 2 atom stereocenters. The molecule has 0 spiro atoms. The number of nitrogens with two attached hydrogens (primary N) is 1. The van der Waals surface area contributed by atoms with Crippen molar-refractivity contribution >= 4 is 17.9 Å². The largest absolute Gasteiger partial charge is 0.481 e. The molecular weight excluding hydrogens is 210 g/mol. The van der Waals surface area contributed by atoms with Crippen molar-refractivity contribution in [3.8, 4) is 0 Å². The van der Waals surface area contributed by atoms with Crippen LogP contribution in [0.25, 0.3) is 0 Å². The van der Waals surface area contributed by atoms with Crippen LogP contribution in [0.2, 0.25) is 0 Å². The highest BCUT2D eigenvalue weighted by Crippen LogP contribution is 1.85. The van der Waals surface area contributed by atoms with E-state index in [1.54, 1.807) is 0 Å². The first kappa shape index (κ1) is 15.8. The standard InChI is InChI=1S/C4H9NO3.C3H4O4/c1-2(6)3(5)4(7)8;4-2(5)1-3(6)7/h2-3,6H,5H2,1H3,(H,7,8);1H2,(H,4,5)(H,6,7)/t2?,3-;/m0./s1. The Morgan fingerprint density at radius 1 is 1.13 bits per heavy atom. The molecule has 0 aliphatic carbocycles. The average Bonchev–Trinajstić information content (AvgIpc) is 2.00. The Balaban J connectivity index is 0. The van der Waals surface area contributed by atoms with E-state index in [0.717, 1.165) is 0 Å². The minimum atomic E-state index is -1.31. The maximum atomic E-state index is 9.86. The minimum Gasteiger partial charge on any atom is -0.481 e. The van der Waals surface area contributed by atoms with Crippen molar-refractivity contribution in [2.24, 2.45) is 5.73 Å². The van der Waals surface area contributed by atoms with E-state index in [0.29, 0.717) is 0 Å². The van der Waals surface area contributed by atoms with Crippen LogP contribution in [0.5, 0.6) is 0 Å². The second kappa shape index (κ2) is 7.71. The van der Waals surface area contributed by atoms with Crippen LogP contribution >= 0.6 is 0 Å². The summed E-state index contributed by atoms with van der Waals surface area (Å²) in [5, 5.41) is 32.0. The number of aliphatic hydroxyl groups excluding tert-OH is 1. The van der Waals surface area contributed by atoms with E-state index in [9.17, 15) is 14.4 Å².